The van der Waals surface area contributed by atoms with Crippen molar-refractivity contribution in [2.45, 2.75) is 82.1 Å². The maximum absolute atomic E-state index is 13.1. The van der Waals surface area contributed by atoms with Gasteiger partial charge in [-0.15, -0.1) is 0 Å². The van der Waals surface area contributed by atoms with E-state index in [1.807, 2.05) is 59.7 Å². The van der Waals surface area contributed by atoms with Crippen molar-refractivity contribution in [2.24, 2.45) is 5.92 Å². The third-order valence-corrected chi connectivity index (χ3v) is 7.84. The van der Waals surface area contributed by atoms with Crippen molar-refractivity contribution in [3.05, 3.63) is 65.7 Å². The number of nitrogens with one attached hydrogen (secondary N) is 1. The van der Waals surface area contributed by atoms with E-state index in [4.69, 9.17) is 24.8 Å². The molecule has 39 heavy (non-hydrogen) atoms. The SMILES string of the molecule is Nc1cccc(CN(CC(O)C(Cc2ccccc2)NC(=O)O[C@H]2CO[C@H]3OCCC[C@H]32)OC2CCCC2)c1. The number of carbonyl (C=O) groups is 1. The number of nitrogens with two attached hydrogens (primary N) is 1. The molecule has 2 aliphatic heterocycles. The number of nitrogens with zero attached hydrogens (tertiary/aromatic N) is 1. The number of rotatable bonds is 11. The molecule has 9 heteroatoms. The normalized spacial score (nSPS) is 24.8. The fraction of sp³-hybridized carbons (Fsp3) is 0.567. The van der Waals surface area contributed by atoms with E-state index in [0.717, 1.165) is 49.7 Å². The Hall–Kier alpha value is -2.69. The highest BCUT2D eigenvalue weighted by Gasteiger charge is 2.42. The van der Waals surface area contributed by atoms with Gasteiger partial charge in [0.1, 0.15) is 6.10 Å². The molecule has 2 aromatic carbocycles. The lowest BCUT2D eigenvalue weighted by Crippen LogP contribution is -2.50. The van der Waals surface area contributed by atoms with Crippen LogP contribution in [-0.2, 0) is 32.0 Å². The van der Waals surface area contributed by atoms with Crippen molar-refractivity contribution < 1.29 is 28.9 Å². The number of nitrogen functional groups attached to an aromatic ring is 1. The fourth-order valence-electron chi connectivity index (χ4n) is 5.80. The highest BCUT2D eigenvalue weighted by Crippen LogP contribution is 2.32. The zero-order chi connectivity index (χ0) is 27.0. The Balaban J connectivity index is 1.26. The third kappa shape index (κ3) is 7.93. The molecule has 2 saturated heterocycles. The molecule has 3 fully saturated rings. The average molecular weight is 540 g/mol. The number of anilines is 1. The van der Waals surface area contributed by atoms with E-state index in [9.17, 15) is 9.90 Å². The average Bonchev–Trinajstić information content (AvgIpc) is 3.59. The van der Waals surface area contributed by atoms with Crippen LogP contribution in [0.25, 0.3) is 0 Å². The summed E-state index contributed by atoms with van der Waals surface area (Å²) < 4.78 is 17.2. The van der Waals surface area contributed by atoms with Crippen LogP contribution in [0.15, 0.2) is 54.6 Å². The minimum Gasteiger partial charge on any atom is -0.443 e. The second kappa shape index (κ2) is 13.6. The molecular weight excluding hydrogens is 498 g/mol. The zero-order valence-corrected chi connectivity index (χ0v) is 22.5. The van der Waals surface area contributed by atoms with Crippen molar-refractivity contribution in [3.8, 4) is 0 Å². The van der Waals surface area contributed by atoms with E-state index in [0.29, 0.717) is 31.9 Å². The van der Waals surface area contributed by atoms with Crippen LogP contribution < -0.4 is 11.1 Å². The lowest BCUT2D eigenvalue weighted by Gasteiger charge is -2.32. The number of hydrogen-bond donors (Lipinski definition) is 3. The van der Waals surface area contributed by atoms with Crippen LogP contribution in [0.1, 0.15) is 49.7 Å². The van der Waals surface area contributed by atoms with Gasteiger partial charge in [-0.05, 0) is 55.4 Å². The lowest BCUT2D eigenvalue weighted by molar-refractivity contribution is -0.214. The van der Waals surface area contributed by atoms with E-state index >= 15 is 0 Å². The van der Waals surface area contributed by atoms with E-state index in [1.54, 1.807) is 0 Å². The second-order valence-corrected chi connectivity index (χ2v) is 10.9. The van der Waals surface area contributed by atoms with Crippen LogP contribution in [0.2, 0.25) is 0 Å². The Morgan fingerprint density at radius 1 is 1.05 bits per heavy atom. The minimum atomic E-state index is -0.911. The van der Waals surface area contributed by atoms with E-state index < -0.39 is 18.2 Å². The molecule has 0 aromatic heterocycles. The first-order valence-electron chi connectivity index (χ1n) is 14.2. The highest BCUT2D eigenvalue weighted by atomic mass is 16.7. The molecule has 0 bridgehead atoms. The topological polar surface area (TPSA) is 116 Å². The van der Waals surface area contributed by atoms with E-state index in [2.05, 4.69) is 5.32 Å². The third-order valence-electron chi connectivity index (χ3n) is 7.84. The van der Waals surface area contributed by atoms with Gasteiger partial charge in [0.05, 0.1) is 31.4 Å². The number of hydrogen-bond acceptors (Lipinski definition) is 8. The summed E-state index contributed by atoms with van der Waals surface area (Å²) in [5, 5.41) is 16.2. The Kier molecular flexibility index (Phi) is 9.71. The lowest BCUT2D eigenvalue weighted by atomic mass is 9.97. The minimum absolute atomic E-state index is 0.0376. The van der Waals surface area contributed by atoms with E-state index in [-0.39, 0.29) is 31.0 Å². The molecule has 1 saturated carbocycles. The summed E-state index contributed by atoms with van der Waals surface area (Å²) >= 11 is 0. The maximum atomic E-state index is 13.1. The number of benzene rings is 2. The van der Waals surface area contributed by atoms with Gasteiger partial charge >= 0.3 is 6.09 Å². The second-order valence-electron chi connectivity index (χ2n) is 10.9. The molecule has 2 unspecified atom stereocenters. The summed E-state index contributed by atoms with van der Waals surface area (Å²) in [4.78, 5) is 19.4. The van der Waals surface area contributed by atoms with Gasteiger partial charge in [0.25, 0.3) is 0 Å². The number of ether oxygens (including phenoxy) is 3. The smallest absolute Gasteiger partial charge is 0.407 e. The van der Waals surface area contributed by atoms with Gasteiger partial charge in [-0.1, -0.05) is 55.3 Å². The van der Waals surface area contributed by atoms with Crippen molar-refractivity contribution in [1.29, 1.82) is 0 Å². The quantitative estimate of drug-likeness (QED) is 0.292. The van der Waals surface area contributed by atoms with Crippen molar-refractivity contribution in [2.75, 3.05) is 25.5 Å². The predicted octanol–water partition coefficient (Wildman–Crippen LogP) is 3.79. The number of amides is 1. The molecule has 0 spiro atoms. The molecule has 2 aromatic rings. The van der Waals surface area contributed by atoms with Gasteiger partial charge in [-0.25, -0.2) is 4.79 Å². The molecule has 5 atom stereocenters. The summed E-state index contributed by atoms with van der Waals surface area (Å²) in [7, 11) is 0. The zero-order valence-electron chi connectivity index (χ0n) is 22.5. The van der Waals surface area contributed by atoms with Gasteiger partial charge in [-0.3, -0.25) is 4.84 Å². The Morgan fingerprint density at radius 2 is 1.85 bits per heavy atom. The molecule has 1 amide bonds. The molecule has 4 N–H and O–H groups in total. The molecular formula is C30H41N3O6. The highest BCUT2D eigenvalue weighted by molar-refractivity contribution is 5.68. The number of fused-ring (bicyclic) bond motifs is 1. The first kappa shape index (κ1) is 27.9. The Labute approximate surface area is 230 Å². The number of hydroxylamine groups is 2. The monoisotopic (exact) mass is 539 g/mol. The summed E-state index contributed by atoms with van der Waals surface area (Å²) in [6.45, 7) is 1.68. The first-order valence-corrected chi connectivity index (χ1v) is 14.2. The van der Waals surface area contributed by atoms with Gasteiger partial charge in [-0.2, -0.15) is 5.06 Å². The van der Waals surface area contributed by atoms with Crippen LogP contribution in [-0.4, -0.2) is 66.7 Å². The van der Waals surface area contributed by atoms with Gasteiger partial charge in [0, 0.05) is 24.8 Å². The molecule has 0 radical (unpaired) electrons. The number of alkyl carbamates (subject to hydrolysis) is 1. The molecule has 9 nitrogen and oxygen atoms in total. The molecule has 212 valence electrons. The Morgan fingerprint density at radius 3 is 2.64 bits per heavy atom. The summed E-state index contributed by atoms with van der Waals surface area (Å²) in [5.41, 5.74) is 8.69. The maximum Gasteiger partial charge on any atom is 0.407 e. The molecule has 3 aliphatic rings. The first-order chi connectivity index (χ1) is 19.0. The molecule has 5 rings (SSSR count). The van der Waals surface area contributed by atoms with Crippen LogP contribution in [0.4, 0.5) is 10.5 Å². The predicted molar refractivity (Wildman–Crippen MR) is 146 cm³/mol. The standard InChI is InChI=1S/C30H41N3O6/c31-23-11-6-10-22(16-23)18-33(39-24-12-4-5-13-24)19-27(34)26(17-21-8-2-1-3-9-21)32-30(35)38-28-20-37-29-25(28)14-7-15-36-29/h1-3,6,8-11,16,24-29,34H,4-5,7,12-15,17-20,31H2,(H,32,35)/t25-,26?,27?,28-,29+/m0/s1. The largest absolute Gasteiger partial charge is 0.443 e. The van der Waals surface area contributed by atoms with Crippen molar-refractivity contribution in [3.63, 3.8) is 0 Å². The van der Waals surface area contributed by atoms with Crippen molar-refractivity contribution in [1.82, 2.24) is 10.4 Å². The molecule has 1 aliphatic carbocycles. The number of carbonyl (C=O) groups excluding carboxylic acids is 1. The van der Waals surface area contributed by atoms with Crippen LogP contribution in [0.5, 0.6) is 0 Å². The molecule has 2 heterocycles. The van der Waals surface area contributed by atoms with Crippen LogP contribution in [0, 0.1) is 5.92 Å². The number of aliphatic hydroxyl groups excluding tert-OH is 1. The summed E-state index contributed by atoms with van der Waals surface area (Å²) in [6.07, 6.45) is 4.52. The van der Waals surface area contributed by atoms with Crippen molar-refractivity contribution >= 4 is 11.8 Å². The van der Waals surface area contributed by atoms with Crippen LogP contribution >= 0.6 is 0 Å². The van der Waals surface area contributed by atoms with Gasteiger partial charge in [0.15, 0.2) is 6.29 Å². The summed E-state index contributed by atoms with van der Waals surface area (Å²) in [5.74, 6) is 0.0376. The van der Waals surface area contributed by atoms with Crippen LogP contribution in [0.3, 0.4) is 0 Å². The van der Waals surface area contributed by atoms with Gasteiger partial charge in [0.2, 0.25) is 0 Å². The van der Waals surface area contributed by atoms with Gasteiger partial charge < -0.3 is 30.4 Å². The number of aliphatic hydroxyl groups is 1. The fourth-order valence-corrected chi connectivity index (χ4v) is 5.80. The summed E-state index contributed by atoms with van der Waals surface area (Å²) in [6, 6.07) is 16.9. The Bertz CT molecular complexity index is 1050. The van der Waals surface area contributed by atoms with E-state index in [1.165, 1.54) is 0 Å².